The largest absolute Gasteiger partial charge is 0.481 e. The smallest absolute Gasteiger partial charge is 0.310 e. The summed E-state index contributed by atoms with van der Waals surface area (Å²) in [6.07, 6.45) is 2.40. The first-order valence-electron chi connectivity index (χ1n) is 11.6. The van der Waals surface area contributed by atoms with Crippen LogP contribution in [0.1, 0.15) is 37.3 Å². The van der Waals surface area contributed by atoms with Gasteiger partial charge in [0.25, 0.3) is 5.91 Å². The Morgan fingerprint density at radius 2 is 2.03 bits per heavy atom. The van der Waals surface area contributed by atoms with Gasteiger partial charge in [-0.15, -0.1) is 6.58 Å². The number of para-hydroxylation sites is 1. The number of amides is 2. The van der Waals surface area contributed by atoms with Gasteiger partial charge < -0.3 is 24.7 Å². The number of carboxylic acid groups (broad SMARTS) is 1. The molecule has 2 amide bonds. The van der Waals surface area contributed by atoms with Crippen molar-refractivity contribution in [3.63, 3.8) is 0 Å². The molecular weight excluding hydrogens is 424 g/mol. The Bertz CT molecular complexity index is 969. The number of fused-ring (bicyclic) bond motifs is 1. The van der Waals surface area contributed by atoms with E-state index in [1.807, 2.05) is 39.0 Å². The van der Waals surface area contributed by atoms with E-state index in [9.17, 15) is 24.6 Å². The predicted octanol–water partition coefficient (Wildman–Crippen LogP) is 2.05. The van der Waals surface area contributed by atoms with Crippen molar-refractivity contribution >= 4 is 23.5 Å². The maximum atomic E-state index is 14.3. The van der Waals surface area contributed by atoms with Crippen LogP contribution in [0.2, 0.25) is 0 Å². The number of nitrogens with zero attached hydrogens (tertiary/aromatic N) is 2. The molecule has 33 heavy (non-hydrogen) atoms. The highest BCUT2D eigenvalue weighted by atomic mass is 16.5. The maximum Gasteiger partial charge on any atom is 0.310 e. The highest BCUT2D eigenvalue weighted by Gasteiger charge is 2.75. The molecule has 2 N–H and O–H groups in total. The van der Waals surface area contributed by atoms with Gasteiger partial charge in [-0.3, -0.25) is 14.4 Å². The Kier molecular flexibility index (Phi) is 6.09. The van der Waals surface area contributed by atoms with E-state index in [2.05, 4.69) is 6.58 Å². The summed E-state index contributed by atoms with van der Waals surface area (Å²) in [7, 11) is 0. The second kappa shape index (κ2) is 8.57. The van der Waals surface area contributed by atoms with Crippen LogP contribution in [0, 0.1) is 25.7 Å². The van der Waals surface area contributed by atoms with Crippen LogP contribution in [0.15, 0.2) is 30.9 Å². The SMILES string of the molecule is C=CCN(C(=O)[C@H]1N([C@@H](CC)CO)C(=O)[C@@H]2[C@@H](C(=O)O)[C@H]3CC[C@]21O3)c1c(C)cccc1C. The molecule has 2 bridgehead atoms. The number of aliphatic carboxylic acids is 1. The Balaban J connectivity index is 1.86. The Hall–Kier alpha value is -2.71. The third-order valence-electron chi connectivity index (χ3n) is 7.62. The summed E-state index contributed by atoms with van der Waals surface area (Å²) < 4.78 is 6.26. The lowest BCUT2D eigenvalue weighted by atomic mass is 9.70. The number of carbonyl (C=O) groups excluding carboxylic acids is 2. The van der Waals surface area contributed by atoms with Crippen molar-refractivity contribution < 1.29 is 29.3 Å². The molecule has 1 aromatic carbocycles. The number of anilines is 1. The van der Waals surface area contributed by atoms with Crippen LogP contribution < -0.4 is 4.90 Å². The maximum absolute atomic E-state index is 14.3. The minimum atomic E-state index is -1.21. The van der Waals surface area contributed by atoms with Crippen LogP contribution in [0.5, 0.6) is 0 Å². The fraction of sp³-hybridized carbons (Fsp3) is 0.560. The Morgan fingerprint density at radius 3 is 2.58 bits per heavy atom. The monoisotopic (exact) mass is 456 g/mol. The molecule has 3 saturated heterocycles. The molecule has 6 atom stereocenters. The number of carboxylic acids is 1. The molecule has 3 aliphatic heterocycles. The molecule has 0 saturated carbocycles. The predicted molar refractivity (Wildman–Crippen MR) is 122 cm³/mol. The Labute approximate surface area is 193 Å². The number of likely N-dealkylation sites (tertiary alicyclic amines) is 1. The summed E-state index contributed by atoms with van der Waals surface area (Å²) in [6, 6.07) is 4.14. The second-order valence-corrected chi connectivity index (χ2v) is 9.36. The molecule has 0 unspecified atom stereocenters. The van der Waals surface area contributed by atoms with Crippen LogP contribution in [-0.2, 0) is 19.1 Å². The van der Waals surface area contributed by atoms with Crippen molar-refractivity contribution in [3.05, 3.63) is 42.0 Å². The van der Waals surface area contributed by atoms with Crippen LogP contribution in [0.3, 0.4) is 0 Å². The number of benzene rings is 1. The van der Waals surface area contributed by atoms with Crippen molar-refractivity contribution in [3.8, 4) is 0 Å². The van der Waals surface area contributed by atoms with Crippen molar-refractivity contribution in [1.82, 2.24) is 4.90 Å². The molecule has 178 valence electrons. The zero-order valence-electron chi connectivity index (χ0n) is 19.4. The molecule has 0 radical (unpaired) electrons. The van der Waals surface area contributed by atoms with E-state index in [0.29, 0.717) is 19.3 Å². The summed E-state index contributed by atoms with van der Waals surface area (Å²) >= 11 is 0. The first kappa shape index (κ1) is 23.4. The van der Waals surface area contributed by atoms with Gasteiger partial charge in [-0.1, -0.05) is 31.2 Å². The van der Waals surface area contributed by atoms with E-state index >= 15 is 0 Å². The van der Waals surface area contributed by atoms with Crippen LogP contribution in [0.25, 0.3) is 0 Å². The summed E-state index contributed by atoms with van der Waals surface area (Å²) in [5, 5.41) is 20.0. The van der Waals surface area contributed by atoms with Gasteiger partial charge in [0.15, 0.2) is 0 Å². The minimum absolute atomic E-state index is 0.228. The van der Waals surface area contributed by atoms with Gasteiger partial charge in [0.2, 0.25) is 5.91 Å². The van der Waals surface area contributed by atoms with Gasteiger partial charge in [-0.05, 0) is 44.2 Å². The summed E-state index contributed by atoms with van der Waals surface area (Å²) in [4.78, 5) is 43.2. The van der Waals surface area contributed by atoms with E-state index in [4.69, 9.17) is 4.74 Å². The third-order valence-corrected chi connectivity index (χ3v) is 7.62. The number of aliphatic hydroxyl groups excluding tert-OH is 1. The molecule has 3 heterocycles. The van der Waals surface area contributed by atoms with Crippen LogP contribution in [-0.4, -0.2) is 69.8 Å². The number of ether oxygens (including phenoxy) is 1. The first-order chi connectivity index (χ1) is 15.7. The van der Waals surface area contributed by atoms with Crippen LogP contribution in [0.4, 0.5) is 5.69 Å². The zero-order chi connectivity index (χ0) is 24.1. The summed E-state index contributed by atoms with van der Waals surface area (Å²) in [6.45, 7) is 9.41. The molecule has 0 aliphatic carbocycles. The quantitative estimate of drug-likeness (QED) is 0.580. The molecule has 3 aliphatic rings. The molecule has 1 spiro atoms. The van der Waals surface area contributed by atoms with Crippen molar-refractivity contribution in [1.29, 1.82) is 0 Å². The van der Waals surface area contributed by atoms with Gasteiger partial charge in [0.05, 0.1) is 30.6 Å². The van der Waals surface area contributed by atoms with Gasteiger partial charge in [0.1, 0.15) is 11.6 Å². The lowest BCUT2D eigenvalue weighted by molar-refractivity contribution is -0.151. The Morgan fingerprint density at radius 1 is 1.36 bits per heavy atom. The lowest BCUT2D eigenvalue weighted by Gasteiger charge is -2.39. The number of hydrogen-bond donors (Lipinski definition) is 2. The highest BCUT2D eigenvalue weighted by Crippen LogP contribution is 2.59. The molecular formula is C25H32N2O6. The normalized spacial score (nSPS) is 30.9. The minimum Gasteiger partial charge on any atom is -0.481 e. The van der Waals surface area contributed by atoms with E-state index < -0.39 is 47.5 Å². The molecule has 4 rings (SSSR count). The van der Waals surface area contributed by atoms with Gasteiger partial charge in [-0.25, -0.2) is 0 Å². The number of carbonyl (C=O) groups is 3. The lowest BCUT2D eigenvalue weighted by Crippen LogP contribution is -2.59. The molecule has 8 heteroatoms. The molecule has 1 aromatic rings. The second-order valence-electron chi connectivity index (χ2n) is 9.36. The third kappa shape index (κ3) is 3.30. The van der Waals surface area contributed by atoms with Gasteiger partial charge >= 0.3 is 5.97 Å². The van der Waals surface area contributed by atoms with Crippen molar-refractivity contribution in [2.75, 3.05) is 18.1 Å². The summed E-state index contributed by atoms with van der Waals surface area (Å²) in [5.74, 6) is -3.75. The van der Waals surface area contributed by atoms with E-state index in [-0.39, 0.29) is 19.1 Å². The van der Waals surface area contributed by atoms with Crippen molar-refractivity contribution in [2.24, 2.45) is 11.8 Å². The number of aryl methyl sites for hydroxylation is 2. The standard InChI is InChI=1S/C25H32N2O6/c1-5-12-26(20-14(3)8-7-9-15(20)4)23(30)21-25-11-10-17(33-25)18(24(31)32)19(25)22(29)27(21)16(6-2)13-28/h5,7-9,16-19,21,28H,1,6,10-13H2,2-4H3,(H,31,32)/t16-,17+,18-,19-,21+,25-/m0/s1. The zero-order valence-corrected chi connectivity index (χ0v) is 19.4. The first-order valence-corrected chi connectivity index (χ1v) is 11.6. The van der Waals surface area contributed by atoms with Crippen LogP contribution >= 0.6 is 0 Å². The topological polar surface area (TPSA) is 107 Å². The average Bonchev–Trinajstić information content (AvgIpc) is 3.41. The van der Waals surface area contributed by atoms with Gasteiger partial charge in [0, 0.05) is 12.2 Å². The highest BCUT2D eigenvalue weighted by molar-refractivity contribution is 6.05. The fourth-order valence-electron chi connectivity index (χ4n) is 6.26. The molecule has 8 nitrogen and oxygen atoms in total. The fourth-order valence-corrected chi connectivity index (χ4v) is 6.26. The summed E-state index contributed by atoms with van der Waals surface area (Å²) in [5.41, 5.74) is 1.35. The number of aliphatic hydroxyl groups is 1. The number of hydrogen-bond acceptors (Lipinski definition) is 5. The van der Waals surface area contributed by atoms with Gasteiger partial charge in [-0.2, -0.15) is 0 Å². The van der Waals surface area contributed by atoms with E-state index in [0.717, 1.165) is 16.8 Å². The van der Waals surface area contributed by atoms with E-state index in [1.165, 1.54) is 4.90 Å². The molecule has 3 fully saturated rings. The average molecular weight is 457 g/mol. The number of rotatable bonds is 8. The van der Waals surface area contributed by atoms with E-state index in [1.54, 1.807) is 11.0 Å². The van der Waals surface area contributed by atoms with Crippen molar-refractivity contribution in [2.45, 2.75) is 63.8 Å². The molecule has 0 aromatic heterocycles.